The second-order valence-corrected chi connectivity index (χ2v) is 42.1. The van der Waals surface area contributed by atoms with Gasteiger partial charge in [-0.1, -0.05) is 77.9 Å². The quantitative estimate of drug-likeness (QED) is 0.0624. The summed E-state index contributed by atoms with van der Waals surface area (Å²) >= 11 is 0. The van der Waals surface area contributed by atoms with E-state index < -0.39 is 101 Å². The molecule has 0 N–H and O–H groups in total. The molecule has 6 saturated heterocycles. The SMILES string of the molecule is CC(C)(C1CCC2C(=O)OC(=O)C2C1)C1CCC2C(=O)OC(=O)C2C1.CC(C)(c1ccc2c(c1)C(=O)OC2=O)C1CCC2C(=O)OC(=O)C2C1.CC(C)(c1ccc2c(c1)C(=O)OC2=O)c1ccc2c(c1)C(=O)OC2=O.O=C1OC(=O)C2CC(CC3CCC4C(=O)OC(=O)C4C3)CCC12.O=C1OC(=O)c2cc(CC3CCC4C(=O)OC(=O)C4C3)ccc21.O=C1OC(=O)c2cc(Cc3ccc4c(c3)C(=O)OC4=O)ccc21. The van der Waals surface area contributed by atoms with Gasteiger partial charge in [0.2, 0.25) is 0 Å². The van der Waals surface area contributed by atoms with Gasteiger partial charge < -0.3 is 56.8 Å². The Kier molecular flexibility index (Phi) is 25.6. The van der Waals surface area contributed by atoms with Crippen molar-refractivity contribution in [1.82, 2.24) is 0 Å². The molecule has 24 rings (SSSR count). The predicted octanol–water partition coefficient (Wildman–Crippen LogP) is 12.4. The summed E-state index contributed by atoms with van der Waals surface area (Å²) in [6.45, 7) is 12.4. The lowest BCUT2D eigenvalue weighted by molar-refractivity contribution is -0.155. The van der Waals surface area contributed by atoms with Crippen LogP contribution in [0.3, 0.4) is 0 Å². The van der Waals surface area contributed by atoms with Crippen LogP contribution >= 0.6 is 0 Å². The third-order valence-corrected chi connectivity index (χ3v) is 33.2. The molecule has 18 atom stereocenters. The molecule has 744 valence electrons. The Hall–Kier alpha value is -15.0. The molecule has 12 fully saturated rings. The number of ether oxygens (including phenoxy) is 12. The van der Waals surface area contributed by atoms with Gasteiger partial charge in [-0.25, -0.2) is 57.5 Å². The van der Waals surface area contributed by atoms with Gasteiger partial charge in [0.1, 0.15) is 0 Å². The summed E-state index contributed by atoms with van der Waals surface area (Å²) < 4.78 is 56.2. The van der Waals surface area contributed by atoms with Crippen molar-refractivity contribution in [2.24, 2.45) is 112 Å². The number of carbonyl (C=O) groups is 24. The van der Waals surface area contributed by atoms with Gasteiger partial charge in [-0.2, -0.15) is 0 Å². The van der Waals surface area contributed by atoms with E-state index in [0.717, 1.165) is 91.2 Å². The van der Waals surface area contributed by atoms with Gasteiger partial charge >= 0.3 is 143 Å². The normalized spacial score (nSPS) is 28.8. The molecule has 144 heavy (non-hydrogen) atoms. The van der Waals surface area contributed by atoms with Crippen molar-refractivity contribution in [3.63, 3.8) is 0 Å². The molecule has 0 spiro atoms. The van der Waals surface area contributed by atoms with E-state index in [9.17, 15) is 115 Å². The van der Waals surface area contributed by atoms with Gasteiger partial charge in [0.25, 0.3) is 0 Å². The molecule has 0 amide bonds. The number of fused-ring (bicyclic) bond motifs is 12. The highest BCUT2D eigenvalue weighted by Gasteiger charge is 2.58. The molecule has 0 radical (unpaired) electrons. The van der Waals surface area contributed by atoms with Crippen LogP contribution in [0.25, 0.3) is 0 Å². The largest absolute Gasteiger partial charge is 0.393 e. The maximum atomic E-state index is 12.0. The number of hydrogen-bond acceptors (Lipinski definition) is 36. The average molecular weight is 1970 g/mol. The average Bonchev–Trinajstić information content (AvgIpc) is 1.47. The van der Waals surface area contributed by atoms with Crippen LogP contribution in [-0.2, 0) is 138 Å². The Bertz CT molecular complexity index is 6510. The standard InChI is InChI=1S/C19H24O6.C19H18O6.C19H12O6.C17H20O6.C17H14O6.C17H8O6/c3*1-19(2,9-3-5-11-13(7-9)17(22)24-15(11)20)10-4-6-12-14(8-10)18(23)25-16(12)21;3*18-14-10-3-1-8(6-12(10)16(20)22-14)5-9-2-4-11-13(7-9)17(21)23-15(11)19/h9-14H,3-8H2,1-2H3;3,5,7,10,12,14H,4,6,8H2,1-2H3;3-8H,1-2H3;8-13H,1-7H2;1,3,6,9,11,13H,2,4-5,7H2;1-4,6-7H,5H2. The highest BCUT2D eigenvalue weighted by Crippen LogP contribution is 2.56. The Morgan fingerprint density at radius 3 is 0.750 bits per heavy atom. The molecule has 36 nitrogen and oxygen atoms in total. The molecule has 6 aromatic carbocycles. The minimum absolute atomic E-state index is 0.0617. The lowest BCUT2D eigenvalue weighted by Crippen LogP contribution is -2.42. The molecule has 6 saturated carbocycles. The van der Waals surface area contributed by atoms with E-state index in [2.05, 4.69) is 56.1 Å². The summed E-state index contributed by atoms with van der Waals surface area (Å²) in [5, 5.41) is 0. The van der Waals surface area contributed by atoms with Crippen LogP contribution < -0.4 is 0 Å². The van der Waals surface area contributed by atoms with Crippen molar-refractivity contribution < 1.29 is 172 Å². The highest BCUT2D eigenvalue weighted by molar-refractivity contribution is 6.19. The van der Waals surface area contributed by atoms with Crippen molar-refractivity contribution in [3.8, 4) is 0 Å². The Morgan fingerprint density at radius 1 is 0.208 bits per heavy atom. The van der Waals surface area contributed by atoms with Gasteiger partial charge in [-0.05, 0) is 287 Å². The van der Waals surface area contributed by atoms with Crippen molar-refractivity contribution in [2.45, 2.75) is 187 Å². The van der Waals surface area contributed by atoms with E-state index >= 15 is 0 Å². The fraction of sp³-hybridized carbons (Fsp3) is 0.444. The van der Waals surface area contributed by atoms with E-state index in [1.807, 2.05) is 26.0 Å². The number of esters is 24. The van der Waals surface area contributed by atoms with Crippen molar-refractivity contribution in [1.29, 1.82) is 0 Å². The molecule has 12 heterocycles. The molecular formula is C108H96O36. The van der Waals surface area contributed by atoms with Gasteiger partial charge in [0.05, 0.1) is 138 Å². The van der Waals surface area contributed by atoms with Crippen molar-refractivity contribution in [2.75, 3.05) is 0 Å². The monoisotopic (exact) mass is 1970 g/mol. The summed E-state index contributed by atoms with van der Waals surface area (Å²) in [6.07, 6.45) is 15.5. The first-order chi connectivity index (χ1) is 68.4. The molecule has 6 aromatic rings. The van der Waals surface area contributed by atoms with Crippen LogP contribution in [0.4, 0.5) is 0 Å². The van der Waals surface area contributed by atoms with Gasteiger partial charge in [-0.15, -0.1) is 0 Å². The molecular weight excluding hydrogens is 1870 g/mol. The zero-order chi connectivity index (χ0) is 102. The highest BCUT2D eigenvalue weighted by atomic mass is 16.6. The zero-order valence-corrected chi connectivity index (χ0v) is 78.8. The van der Waals surface area contributed by atoms with Gasteiger partial charge in [0.15, 0.2) is 0 Å². The number of carbonyl (C=O) groups excluding carboxylic acids is 24. The molecule has 6 aliphatic carbocycles. The first kappa shape index (κ1) is 97.8. The van der Waals surface area contributed by atoms with Crippen LogP contribution in [0.15, 0.2) is 109 Å². The van der Waals surface area contributed by atoms with Crippen LogP contribution in [-0.4, -0.2) is 143 Å². The smallest absolute Gasteiger partial charge is 0.346 e. The van der Waals surface area contributed by atoms with E-state index in [0.29, 0.717) is 123 Å². The van der Waals surface area contributed by atoms with E-state index in [1.54, 1.807) is 97.1 Å². The third kappa shape index (κ3) is 18.2. The number of hydrogen-bond donors (Lipinski definition) is 0. The third-order valence-electron chi connectivity index (χ3n) is 33.2. The van der Waals surface area contributed by atoms with Crippen molar-refractivity contribution in [3.05, 3.63) is 209 Å². The fourth-order valence-electron chi connectivity index (χ4n) is 24.6. The lowest BCUT2D eigenvalue weighted by atomic mass is 9.56. The Balaban J connectivity index is 0.000000109. The summed E-state index contributed by atoms with van der Waals surface area (Å²) in [4.78, 5) is 280. The molecule has 0 aromatic heterocycles. The summed E-state index contributed by atoms with van der Waals surface area (Å²) in [5.74, 6) is -13.8. The first-order valence-electron chi connectivity index (χ1n) is 48.4. The maximum Gasteiger partial charge on any atom is 0.346 e. The predicted molar refractivity (Wildman–Crippen MR) is 480 cm³/mol. The van der Waals surface area contributed by atoms with E-state index in [-0.39, 0.29) is 186 Å². The van der Waals surface area contributed by atoms with Crippen molar-refractivity contribution >= 4 is 143 Å². The maximum absolute atomic E-state index is 12.0. The summed E-state index contributed by atoms with van der Waals surface area (Å²) in [5.41, 5.74) is 7.10. The topological polar surface area (TPSA) is 520 Å². The van der Waals surface area contributed by atoms with Crippen LogP contribution in [0.1, 0.15) is 321 Å². The van der Waals surface area contributed by atoms with Gasteiger partial charge in [-0.3, -0.25) is 57.5 Å². The molecule has 36 heteroatoms. The van der Waals surface area contributed by atoms with Crippen LogP contribution in [0, 0.1) is 112 Å². The summed E-state index contributed by atoms with van der Waals surface area (Å²) in [6, 6.07) is 29.9. The fourth-order valence-corrected chi connectivity index (χ4v) is 24.6. The molecule has 18 unspecified atom stereocenters. The van der Waals surface area contributed by atoms with E-state index in [4.69, 9.17) is 28.4 Å². The first-order valence-corrected chi connectivity index (χ1v) is 48.4. The van der Waals surface area contributed by atoms with Crippen LogP contribution in [0.5, 0.6) is 0 Å². The summed E-state index contributed by atoms with van der Waals surface area (Å²) in [7, 11) is 0. The number of cyclic esters (lactones) is 24. The Morgan fingerprint density at radius 2 is 0.431 bits per heavy atom. The minimum atomic E-state index is -0.666. The van der Waals surface area contributed by atoms with Gasteiger partial charge in [0, 0.05) is 5.41 Å². The zero-order valence-electron chi connectivity index (χ0n) is 78.8. The minimum Gasteiger partial charge on any atom is -0.393 e. The number of rotatable bonds is 12. The second-order valence-electron chi connectivity index (χ2n) is 42.1. The molecule has 12 aliphatic heterocycles. The van der Waals surface area contributed by atoms with E-state index in [1.165, 1.54) is 0 Å². The second kappa shape index (κ2) is 37.7. The Labute approximate surface area is 819 Å². The lowest BCUT2D eigenvalue weighted by Gasteiger charge is -2.47. The molecule has 0 bridgehead atoms. The van der Waals surface area contributed by atoms with Crippen LogP contribution in [0.2, 0.25) is 0 Å². The number of benzene rings is 6. The molecule has 18 aliphatic rings.